The lowest BCUT2D eigenvalue weighted by molar-refractivity contribution is -0.134. The van der Waals surface area contributed by atoms with E-state index >= 15 is 0 Å². The van der Waals surface area contributed by atoms with Crippen LogP contribution in [0.5, 0.6) is 0 Å². The van der Waals surface area contributed by atoms with E-state index in [1.807, 2.05) is 0 Å². The molecule has 23 heavy (non-hydrogen) atoms. The number of hydrogen-bond donors (Lipinski definition) is 2. The Morgan fingerprint density at radius 2 is 1.78 bits per heavy atom. The maximum absolute atomic E-state index is 11.4. The zero-order valence-corrected chi connectivity index (χ0v) is 14.2. The largest absolute Gasteiger partial charge is 0.478 e. The zero-order valence-electron chi connectivity index (χ0n) is 14.2. The summed E-state index contributed by atoms with van der Waals surface area (Å²) in [6.07, 6.45) is 11.4. The van der Waals surface area contributed by atoms with Gasteiger partial charge in [0.05, 0.1) is 0 Å². The molecule has 1 saturated carbocycles. The van der Waals surface area contributed by atoms with Crippen molar-refractivity contribution < 1.29 is 19.8 Å². The molecule has 4 nitrogen and oxygen atoms in total. The highest BCUT2D eigenvalue weighted by Crippen LogP contribution is 2.38. The van der Waals surface area contributed by atoms with Crippen molar-refractivity contribution in [1.82, 2.24) is 0 Å². The maximum Gasteiger partial charge on any atom is 0.331 e. The molecule has 0 aromatic heterocycles. The second-order valence-electron chi connectivity index (χ2n) is 6.55. The summed E-state index contributed by atoms with van der Waals surface area (Å²) in [4.78, 5) is 22.7. The molecule has 4 heteroatoms. The number of allylic oxidation sites excluding steroid dienone is 1. The lowest BCUT2D eigenvalue weighted by Gasteiger charge is -2.30. The lowest BCUT2D eigenvalue weighted by Crippen LogP contribution is -2.22. The van der Waals surface area contributed by atoms with E-state index in [2.05, 4.69) is 13.5 Å². The van der Waals surface area contributed by atoms with Gasteiger partial charge < -0.3 is 10.2 Å². The molecular formula is C19H30O4. The molecule has 1 fully saturated rings. The SMILES string of the molecule is C=C(C(=O)O)C(CCCCCC)C(=CC(=O)O)C1CCCCC1. The first-order valence-electron chi connectivity index (χ1n) is 8.83. The summed E-state index contributed by atoms with van der Waals surface area (Å²) in [6, 6.07) is 0. The van der Waals surface area contributed by atoms with Crippen LogP contribution in [0.1, 0.15) is 71.1 Å². The molecule has 0 spiro atoms. The predicted molar refractivity (Wildman–Crippen MR) is 91.3 cm³/mol. The minimum atomic E-state index is -1.02. The summed E-state index contributed by atoms with van der Waals surface area (Å²) in [5, 5.41) is 18.6. The van der Waals surface area contributed by atoms with E-state index in [0.717, 1.165) is 56.9 Å². The van der Waals surface area contributed by atoms with Crippen molar-refractivity contribution in [1.29, 1.82) is 0 Å². The van der Waals surface area contributed by atoms with Crippen LogP contribution < -0.4 is 0 Å². The zero-order chi connectivity index (χ0) is 17.2. The van der Waals surface area contributed by atoms with Crippen molar-refractivity contribution in [2.45, 2.75) is 71.1 Å². The minimum absolute atomic E-state index is 0.138. The third kappa shape index (κ3) is 6.59. The third-order valence-electron chi connectivity index (χ3n) is 4.81. The van der Waals surface area contributed by atoms with E-state index in [-0.39, 0.29) is 17.4 Å². The predicted octanol–water partition coefficient (Wildman–Crippen LogP) is 4.81. The molecule has 1 unspecified atom stereocenters. The molecule has 0 bridgehead atoms. The Hall–Kier alpha value is -1.58. The molecule has 1 atom stereocenters. The number of carboxylic acid groups (broad SMARTS) is 2. The molecule has 0 aromatic carbocycles. The Balaban J connectivity index is 2.97. The van der Waals surface area contributed by atoms with E-state index in [9.17, 15) is 19.8 Å². The van der Waals surface area contributed by atoms with Gasteiger partial charge in [0.25, 0.3) is 0 Å². The van der Waals surface area contributed by atoms with E-state index in [1.54, 1.807) is 0 Å². The summed E-state index contributed by atoms with van der Waals surface area (Å²) in [6.45, 7) is 5.87. The standard InChI is InChI=1S/C19H30O4/c1-3-4-5-9-12-16(14(2)19(22)23)17(13-18(20)21)15-10-7-6-8-11-15/h13,15-16H,2-12H2,1H3,(H,20,21)(H,22,23). The van der Waals surface area contributed by atoms with Crippen LogP contribution in [0, 0.1) is 11.8 Å². The Bertz CT molecular complexity index is 444. The van der Waals surface area contributed by atoms with Crippen LogP contribution in [-0.2, 0) is 9.59 Å². The van der Waals surface area contributed by atoms with E-state index < -0.39 is 11.9 Å². The first-order valence-corrected chi connectivity index (χ1v) is 8.83. The van der Waals surface area contributed by atoms with Crippen molar-refractivity contribution >= 4 is 11.9 Å². The molecule has 1 aliphatic carbocycles. The van der Waals surface area contributed by atoms with E-state index in [1.165, 1.54) is 12.5 Å². The third-order valence-corrected chi connectivity index (χ3v) is 4.81. The van der Waals surface area contributed by atoms with Gasteiger partial charge in [0, 0.05) is 17.6 Å². The highest BCUT2D eigenvalue weighted by atomic mass is 16.4. The van der Waals surface area contributed by atoms with Gasteiger partial charge in [-0.1, -0.05) is 64.0 Å². The number of carboxylic acids is 2. The van der Waals surface area contributed by atoms with Crippen molar-refractivity contribution in [2.75, 3.05) is 0 Å². The summed E-state index contributed by atoms with van der Waals surface area (Å²) in [7, 11) is 0. The van der Waals surface area contributed by atoms with Crippen molar-refractivity contribution in [2.24, 2.45) is 11.8 Å². The topological polar surface area (TPSA) is 74.6 Å². The first kappa shape index (κ1) is 19.5. The first-order chi connectivity index (χ1) is 11.0. The molecule has 130 valence electrons. The molecule has 1 rings (SSSR count). The molecule has 0 saturated heterocycles. The van der Waals surface area contributed by atoms with Gasteiger partial charge in [-0.3, -0.25) is 0 Å². The van der Waals surface area contributed by atoms with Crippen LogP contribution in [0.3, 0.4) is 0 Å². The normalized spacial score (nSPS) is 17.7. The summed E-state index contributed by atoms with van der Waals surface area (Å²) < 4.78 is 0. The average Bonchev–Trinajstić information content (AvgIpc) is 2.53. The molecule has 2 N–H and O–H groups in total. The molecule has 0 aromatic rings. The molecule has 0 amide bonds. The Morgan fingerprint density at radius 1 is 1.13 bits per heavy atom. The highest BCUT2D eigenvalue weighted by Gasteiger charge is 2.29. The van der Waals surface area contributed by atoms with Crippen molar-refractivity contribution in [3.8, 4) is 0 Å². The van der Waals surface area contributed by atoms with Gasteiger partial charge >= 0.3 is 11.9 Å². The smallest absolute Gasteiger partial charge is 0.331 e. The number of carbonyl (C=O) groups is 2. The number of rotatable bonds is 10. The minimum Gasteiger partial charge on any atom is -0.478 e. The summed E-state index contributed by atoms with van der Waals surface area (Å²) in [5.74, 6) is -2.16. The Kier molecular flexibility index (Phi) is 8.67. The van der Waals surface area contributed by atoms with Crippen LogP contribution in [-0.4, -0.2) is 22.2 Å². The van der Waals surface area contributed by atoms with Crippen LogP contribution in [0.2, 0.25) is 0 Å². The van der Waals surface area contributed by atoms with Crippen molar-refractivity contribution in [3.63, 3.8) is 0 Å². The molecule has 1 aliphatic rings. The fourth-order valence-electron chi connectivity index (χ4n) is 3.55. The van der Waals surface area contributed by atoms with Gasteiger partial charge in [-0.25, -0.2) is 9.59 Å². The second-order valence-corrected chi connectivity index (χ2v) is 6.55. The molecular weight excluding hydrogens is 292 g/mol. The van der Waals surface area contributed by atoms with Gasteiger partial charge in [0.2, 0.25) is 0 Å². The Labute approximate surface area is 139 Å². The van der Waals surface area contributed by atoms with Crippen LogP contribution in [0.15, 0.2) is 23.8 Å². The molecule has 0 heterocycles. The number of aliphatic carboxylic acids is 2. The van der Waals surface area contributed by atoms with Gasteiger partial charge in [0.15, 0.2) is 0 Å². The van der Waals surface area contributed by atoms with E-state index in [0.29, 0.717) is 6.42 Å². The van der Waals surface area contributed by atoms with Gasteiger partial charge in [-0.15, -0.1) is 0 Å². The van der Waals surface area contributed by atoms with Crippen LogP contribution >= 0.6 is 0 Å². The monoisotopic (exact) mass is 322 g/mol. The summed E-state index contributed by atoms with van der Waals surface area (Å²) >= 11 is 0. The van der Waals surface area contributed by atoms with Crippen LogP contribution in [0.4, 0.5) is 0 Å². The van der Waals surface area contributed by atoms with E-state index in [4.69, 9.17) is 0 Å². The molecule has 0 radical (unpaired) electrons. The second kappa shape index (κ2) is 10.2. The van der Waals surface area contributed by atoms with Gasteiger partial charge in [-0.05, 0) is 25.2 Å². The number of hydrogen-bond acceptors (Lipinski definition) is 2. The average molecular weight is 322 g/mol. The Morgan fingerprint density at radius 3 is 2.30 bits per heavy atom. The van der Waals surface area contributed by atoms with Gasteiger partial charge in [-0.2, -0.15) is 0 Å². The highest BCUT2D eigenvalue weighted by molar-refractivity contribution is 5.88. The maximum atomic E-state index is 11.4. The van der Waals surface area contributed by atoms with Gasteiger partial charge in [0.1, 0.15) is 0 Å². The molecule has 0 aliphatic heterocycles. The van der Waals surface area contributed by atoms with Crippen molar-refractivity contribution in [3.05, 3.63) is 23.8 Å². The fourth-order valence-corrected chi connectivity index (χ4v) is 3.55. The lowest BCUT2D eigenvalue weighted by atomic mass is 9.74. The van der Waals surface area contributed by atoms with Crippen LogP contribution in [0.25, 0.3) is 0 Å². The fraction of sp³-hybridized carbons (Fsp3) is 0.684. The quantitative estimate of drug-likeness (QED) is 0.447. The summed E-state index contributed by atoms with van der Waals surface area (Å²) in [5.41, 5.74) is 0.917. The number of unbranched alkanes of at least 4 members (excludes halogenated alkanes) is 3.